The lowest BCUT2D eigenvalue weighted by Gasteiger charge is -2.01. The quantitative estimate of drug-likeness (QED) is 0.330. The molecule has 1 aliphatic carbocycles. The van der Waals surface area contributed by atoms with E-state index < -0.39 is 0 Å². The molecule has 4 heteroatoms. The molecule has 0 spiro atoms. The van der Waals surface area contributed by atoms with Crippen LogP contribution in [0.1, 0.15) is 32.2 Å². The van der Waals surface area contributed by atoms with E-state index in [0.717, 1.165) is 5.56 Å². The molecular weight excluding hydrogens is 403 g/mol. The first-order valence-electron chi connectivity index (χ1n) is 9.37. The summed E-state index contributed by atoms with van der Waals surface area (Å²) in [6, 6.07) is 23.7. The average Bonchev–Trinajstić information content (AvgIpc) is 3.47. The number of benzene rings is 3. The van der Waals surface area contributed by atoms with Gasteiger partial charge in [0.05, 0.1) is 0 Å². The highest BCUT2D eigenvalue weighted by atomic mass is 35.5. The van der Waals surface area contributed by atoms with Crippen LogP contribution in [0, 0.1) is 11.8 Å². The number of allylic oxidation sites excluding steroid dienone is 2. The summed E-state index contributed by atoms with van der Waals surface area (Å²) in [4.78, 5) is 25.6. The van der Waals surface area contributed by atoms with Crippen molar-refractivity contribution in [3.63, 3.8) is 0 Å². The van der Waals surface area contributed by atoms with E-state index in [4.69, 9.17) is 23.2 Å². The van der Waals surface area contributed by atoms with Crippen molar-refractivity contribution in [3.05, 3.63) is 118 Å². The van der Waals surface area contributed by atoms with Crippen molar-refractivity contribution in [3.8, 4) is 0 Å². The van der Waals surface area contributed by atoms with Gasteiger partial charge in [-0.1, -0.05) is 59.6 Å². The van der Waals surface area contributed by atoms with Crippen LogP contribution < -0.4 is 0 Å². The molecule has 4 rings (SSSR count). The Morgan fingerprint density at radius 1 is 0.724 bits per heavy atom. The first-order valence-corrected chi connectivity index (χ1v) is 10.1. The van der Waals surface area contributed by atoms with Gasteiger partial charge in [0.25, 0.3) is 0 Å². The fourth-order valence-electron chi connectivity index (χ4n) is 3.73. The molecule has 3 aromatic rings. The Kier molecular flexibility index (Phi) is 5.66. The average molecular weight is 421 g/mol. The van der Waals surface area contributed by atoms with Gasteiger partial charge in [0.1, 0.15) is 0 Å². The van der Waals surface area contributed by atoms with Crippen molar-refractivity contribution >= 4 is 34.8 Å². The van der Waals surface area contributed by atoms with E-state index in [9.17, 15) is 9.59 Å². The predicted octanol–water partition coefficient (Wildman–Crippen LogP) is 6.65. The Morgan fingerprint density at radius 3 is 1.86 bits per heavy atom. The van der Waals surface area contributed by atoms with Gasteiger partial charge in [0.15, 0.2) is 11.6 Å². The minimum Gasteiger partial charge on any atom is -0.294 e. The number of rotatable bonds is 6. The smallest absolute Gasteiger partial charge is 0.185 e. The molecule has 0 saturated heterocycles. The van der Waals surface area contributed by atoms with Gasteiger partial charge in [0.2, 0.25) is 0 Å². The summed E-state index contributed by atoms with van der Waals surface area (Å²) < 4.78 is 0. The van der Waals surface area contributed by atoms with Crippen LogP contribution in [0.5, 0.6) is 0 Å². The van der Waals surface area contributed by atoms with Crippen molar-refractivity contribution in [2.75, 3.05) is 0 Å². The van der Waals surface area contributed by atoms with Crippen LogP contribution in [-0.2, 0) is 0 Å². The standard InChI is InChI=1S/C25H18Cl2O2/c26-19-10-6-16(7-11-19)22(28)15-14-21-23(17-4-2-1-3-5-17)24(21)25(29)18-8-12-20(27)13-9-18/h1-15,21,23-24H/b15-14+/t21-,23-,24-/m1/s1. The zero-order valence-electron chi connectivity index (χ0n) is 15.5. The molecule has 0 aromatic heterocycles. The van der Waals surface area contributed by atoms with Crippen molar-refractivity contribution in [1.29, 1.82) is 0 Å². The highest BCUT2D eigenvalue weighted by Gasteiger charge is 2.53. The van der Waals surface area contributed by atoms with Crippen LogP contribution in [0.15, 0.2) is 91.0 Å². The summed E-state index contributed by atoms with van der Waals surface area (Å²) in [6.07, 6.45) is 3.44. The molecule has 0 aliphatic heterocycles. The number of carbonyl (C=O) groups excluding carboxylic acids is 2. The topological polar surface area (TPSA) is 34.1 Å². The molecule has 0 heterocycles. The minimum atomic E-state index is -0.187. The van der Waals surface area contributed by atoms with Crippen LogP contribution >= 0.6 is 23.2 Å². The third-order valence-corrected chi connectivity index (χ3v) is 5.79. The maximum absolute atomic E-state index is 13.1. The zero-order valence-corrected chi connectivity index (χ0v) is 17.0. The van der Waals surface area contributed by atoms with Crippen molar-refractivity contribution in [2.24, 2.45) is 11.8 Å². The highest BCUT2D eigenvalue weighted by molar-refractivity contribution is 6.31. The Labute approximate surface area is 179 Å². The van der Waals surface area contributed by atoms with Crippen LogP contribution in [-0.4, -0.2) is 11.6 Å². The van der Waals surface area contributed by atoms with Crippen LogP contribution in [0.25, 0.3) is 0 Å². The van der Waals surface area contributed by atoms with Gasteiger partial charge >= 0.3 is 0 Å². The largest absolute Gasteiger partial charge is 0.294 e. The molecule has 2 nitrogen and oxygen atoms in total. The summed E-state index contributed by atoms with van der Waals surface area (Å²) in [6.45, 7) is 0. The van der Waals surface area contributed by atoms with Crippen molar-refractivity contribution in [2.45, 2.75) is 5.92 Å². The summed E-state index contributed by atoms with van der Waals surface area (Å²) in [7, 11) is 0. The minimum absolute atomic E-state index is 0.0168. The van der Waals surface area contributed by atoms with Crippen LogP contribution in [0.3, 0.4) is 0 Å². The molecule has 0 unspecified atom stereocenters. The van der Waals surface area contributed by atoms with Crippen LogP contribution in [0.4, 0.5) is 0 Å². The lowest BCUT2D eigenvalue weighted by molar-refractivity contribution is 0.0960. The normalized spacial score (nSPS) is 20.6. The van der Waals surface area contributed by atoms with E-state index in [0.29, 0.717) is 21.2 Å². The van der Waals surface area contributed by atoms with E-state index in [2.05, 4.69) is 0 Å². The molecule has 3 aromatic carbocycles. The van der Waals surface area contributed by atoms with E-state index in [1.165, 1.54) is 0 Å². The molecule has 1 fully saturated rings. The number of Topliss-reactive ketones (excluding diaryl/α,β-unsaturated/α-hetero) is 1. The number of hydrogen-bond donors (Lipinski definition) is 0. The molecule has 144 valence electrons. The SMILES string of the molecule is O=C(/C=C/[C@H]1[C@@H](C(=O)c2ccc(Cl)cc2)[C@@H]1c1ccccc1)c1ccc(Cl)cc1. The number of ketones is 2. The number of halogens is 2. The number of carbonyl (C=O) groups is 2. The zero-order chi connectivity index (χ0) is 20.4. The van der Waals surface area contributed by atoms with Crippen molar-refractivity contribution in [1.82, 2.24) is 0 Å². The van der Waals surface area contributed by atoms with Gasteiger partial charge in [-0.2, -0.15) is 0 Å². The Morgan fingerprint density at radius 2 is 1.28 bits per heavy atom. The van der Waals surface area contributed by atoms with Gasteiger partial charge < -0.3 is 0 Å². The van der Waals surface area contributed by atoms with E-state index >= 15 is 0 Å². The Hall–Kier alpha value is -2.68. The van der Waals surface area contributed by atoms with Gasteiger partial charge in [-0.15, -0.1) is 0 Å². The van der Waals surface area contributed by atoms with Gasteiger partial charge in [-0.3, -0.25) is 9.59 Å². The molecule has 1 aliphatic rings. The highest BCUT2D eigenvalue weighted by Crippen LogP contribution is 2.56. The third kappa shape index (κ3) is 4.34. The molecule has 0 bridgehead atoms. The Balaban J connectivity index is 1.57. The summed E-state index contributed by atoms with van der Waals surface area (Å²) in [5.74, 6) is -0.166. The molecule has 29 heavy (non-hydrogen) atoms. The summed E-state index contributed by atoms with van der Waals surface area (Å²) >= 11 is 11.8. The maximum atomic E-state index is 13.1. The second-order valence-electron chi connectivity index (χ2n) is 7.14. The summed E-state index contributed by atoms with van der Waals surface area (Å²) in [5, 5.41) is 1.19. The fourth-order valence-corrected chi connectivity index (χ4v) is 3.98. The lowest BCUT2D eigenvalue weighted by Crippen LogP contribution is -2.04. The first kappa shape index (κ1) is 19.6. The predicted molar refractivity (Wildman–Crippen MR) is 117 cm³/mol. The van der Waals surface area contributed by atoms with Gasteiger partial charge in [-0.25, -0.2) is 0 Å². The van der Waals surface area contributed by atoms with E-state index in [-0.39, 0.29) is 29.3 Å². The lowest BCUT2D eigenvalue weighted by atomic mass is 10.0. The Bertz CT molecular complexity index is 1050. The van der Waals surface area contributed by atoms with Gasteiger partial charge in [0, 0.05) is 33.0 Å². The first-order chi connectivity index (χ1) is 14.0. The second kappa shape index (κ2) is 8.36. The van der Waals surface area contributed by atoms with Crippen molar-refractivity contribution < 1.29 is 9.59 Å². The molecule has 3 atom stereocenters. The van der Waals surface area contributed by atoms with Crippen LogP contribution in [0.2, 0.25) is 10.0 Å². The molecule has 0 radical (unpaired) electrons. The van der Waals surface area contributed by atoms with E-state index in [1.54, 1.807) is 54.6 Å². The summed E-state index contributed by atoms with van der Waals surface area (Å²) in [5.41, 5.74) is 2.32. The molecule has 0 amide bonds. The third-order valence-electron chi connectivity index (χ3n) is 5.29. The second-order valence-corrected chi connectivity index (χ2v) is 8.01. The fraction of sp³-hybridized carbons (Fsp3) is 0.120. The monoisotopic (exact) mass is 420 g/mol. The number of hydrogen-bond acceptors (Lipinski definition) is 2. The maximum Gasteiger partial charge on any atom is 0.185 e. The molecule has 1 saturated carbocycles. The van der Waals surface area contributed by atoms with Gasteiger partial charge in [-0.05, 0) is 66.1 Å². The van der Waals surface area contributed by atoms with E-state index in [1.807, 2.05) is 36.4 Å². The molecular formula is C25H18Cl2O2. The molecule has 0 N–H and O–H groups in total.